The van der Waals surface area contributed by atoms with Crippen LogP contribution in [0.1, 0.15) is 13.3 Å². The minimum atomic E-state index is 0.109. The van der Waals surface area contributed by atoms with Gasteiger partial charge in [-0.15, -0.1) is 11.8 Å². The highest BCUT2D eigenvalue weighted by Crippen LogP contribution is 2.19. The van der Waals surface area contributed by atoms with Crippen molar-refractivity contribution in [3.8, 4) is 0 Å². The molecule has 0 aromatic rings. The van der Waals surface area contributed by atoms with E-state index >= 15 is 0 Å². The monoisotopic (exact) mass is 214 g/mol. The van der Waals surface area contributed by atoms with Crippen LogP contribution in [-0.2, 0) is 4.79 Å². The van der Waals surface area contributed by atoms with Crippen molar-refractivity contribution in [3.05, 3.63) is 12.2 Å². The second kappa shape index (κ2) is 6.09. The molecule has 80 valence electrons. The third kappa shape index (κ3) is 3.35. The summed E-state index contributed by atoms with van der Waals surface area (Å²) in [4.78, 5) is 11.5. The second-order valence-electron chi connectivity index (χ2n) is 3.31. The van der Waals surface area contributed by atoms with Crippen molar-refractivity contribution in [1.82, 2.24) is 10.6 Å². The zero-order chi connectivity index (χ0) is 10.4. The van der Waals surface area contributed by atoms with Crippen LogP contribution in [-0.4, -0.2) is 36.5 Å². The van der Waals surface area contributed by atoms with Crippen molar-refractivity contribution in [2.45, 2.75) is 24.6 Å². The molecule has 0 radical (unpaired) electrons. The maximum atomic E-state index is 11.5. The van der Waals surface area contributed by atoms with Crippen molar-refractivity contribution in [2.24, 2.45) is 0 Å². The van der Waals surface area contributed by atoms with E-state index in [-0.39, 0.29) is 11.2 Å². The number of carbonyl (C=O) groups excluding carboxylic acids is 1. The molecule has 2 N–H and O–H groups in total. The van der Waals surface area contributed by atoms with Crippen LogP contribution in [0.2, 0.25) is 0 Å². The molecule has 1 aliphatic heterocycles. The summed E-state index contributed by atoms with van der Waals surface area (Å²) in [6.45, 7) is 2.81. The molecule has 2 atom stereocenters. The molecule has 0 unspecified atom stereocenters. The minimum absolute atomic E-state index is 0.109. The van der Waals surface area contributed by atoms with Crippen molar-refractivity contribution in [1.29, 1.82) is 0 Å². The standard InChI is InChI=1S/C10H18N2OS/c1-3-4-8(11-2)7-9-10(13)12-5-6-14-9/h3-4,8-9,11H,5-7H2,1-2H3,(H,12,13)/b4-3+/t8-,9+/m1/s1. The number of rotatable bonds is 4. The van der Waals surface area contributed by atoms with Crippen LogP contribution >= 0.6 is 11.8 Å². The quantitative estimate of drug-likeness (QED) is 0.679. The molecule has 1 fully saturated rings. The molecule has 4 heteroatoms. The first-order valence-electron chi connectivity index (χ1n) is 4.97. The summed E-state index contributed by atoms with van der Waals surface area (Å²) < 4.78 is 0. The van der Waals surface area contributed by atoms with Gasteiger partial charge in [0.05, 0.1) is 5.25 Å². The fraction of sp³-hybridized carbons (Fsp3) is 0.700. The van der Waals surface area contributed by atoms with Gasteiger partial charge < -0.3 is 10.6 Å². The largest absolute Gasteiger partial charge is 0.354 e. The molecule has 1 rings (SSSR count). The first-order chi connectivity index (χ1) is 6.77. The summed E-state index contributed by atoms with van der Waals surface area (Å²) in [5.41, 5.74) is 0. The Kier molecular flexibility index (Phi) is 5.04. The highest BCUT2D eigenvalue weighted by Gasteiger charge is 2.24. The van der Waals surface area contributed by atoms with Gasteiger partial charge >= 0.3 is 0 Å². The number of nitrogens with one attached hydrogen (secondary N) is 2. The highest BCUT2D eigenvalue weighted by molar-refractivity contribution is 8.00. The molecule has 0 aromatic heterocycles. The normalized spacial score (nSPS) is 25.0. The molecule has 1 amide bonds. The van der Waals surface area contributed by atoms with Crippen LogP contribution in [0, 0.1) is 0 Å². The minimum Gasteiger partial charge on any atom is -0.354 e. The maximum absolute atomic E-state index is 11.5. The van der Waals surface area contributed by atoms with E-state index < -0.39 is 0 Å². The number of hydrogen-bond acceptors (Lipinski definition) is 3. The van der Waals surface area contributed by atoms with E-state index in [4.69, 9.17) is 0 Å². The lowest BCUT2D eigenvalue weighted by atomic mass is 10.1. The number of amides is 1. The zero-order valence-corrected chi connectivity index (χ0v) is 9.56. The smallest absolute Gasteiger partial charge is 0.233 e. The van der Waals surface area contributed by atoms with Gasteiger partial charge in [0, 0.05) is 18.3 Å². The fourth-order valence-corrected chi connectivity index (χ4v) is 2.58. The number of hydrogen-bond donors (Lipinski definition) is 2. The maximum Gasteiger partial charge on any atom is 0.233 e. The third-order valence-corrected chi connectivity index (χ3v) is 3.53. The molecule has 0 bridgehead atoms. The lowest BCUT2D eigenvalue weighted by molar-refractivity contribution is -0.120. The predicted molar refractivity (Wildman–Crippen MR) is 61.5 cm³/mol. The number of carbonyl (C=O) groups is 1. The van der Waals surface area contributed by atoms with Gasteiger partial charge in [-0.1, -0.05) is 12.2 Å². The average Bonchev–Trinajstić information content (AvgIpc) is 2.20. The first kappa shape index (κ1) is 11.6. The molecule has 3 nitrogen and oxygen atoms in total. The van der Waals surface area contributed by atoms with Crippen LogP contribution in [0.3, 0.4) is 0 Å². The molecule has 0 spiro atoms. The van der Waals surface area contributed by atoms with Crippen LogP contribution < -0.4 is 10.6 Å². The van der Waals surface area contributed by atoms with Gasteiger partial charge in [0.25, 0.3) is 0 Å². The van der Waals surface area contributed by atoms with Crippen molar-refractivity contribution in [3.63, 3.8) is 0 Å². The Morgan fingerprint density at radius 2 is 2.57 bits per heavy atom. The summed E-state index contributed by atoms with van der Waals surface area (Å²) >= 11 is 1.75. The van der Waals surface area contributed by atoms with Crippen molar-refractivity contribution < 1.29 is 4.79 Å². The number of allylic oxidation sites excluding steroid dienone is 1. The van der Waals surface area contributed by atoms with E-state index in [2.05, 4.69) is 16.7 Å². The van der Waals surface area contributed by atoms with E-state index in [1.54, 1.807) is 11.8 Å². The average molecular weight is 214 g/mol. The summed E-state index contributed by atoms with van der Waals surface area (Å²) in [7, 11) is 1.93. The van der Waals surface area contributed by atoms with E-state index in [0.717, 1.165) is 18.7 Å². The van der Waals surface area contributed by atoms with E-state index in [1.807, 2.05) is 20.0 Å². The Balaban J connectivity index is 2.43. The number of thioether (sulfide) groups is 1. The summed E-state index contributed by atoms with van der Waals surface area (Å²) in [5, 5.41) is 6.19. The molecule has 0 saturated carbocycles. The Labute approximate surface area is 89.7 Å². The summed E-state index contributed by atoms with van der Waals surface area (Å²) in [6.07, 6.45) is 4.99. The van der Waals surface area contributed by atoms with E-state index in [9.17, 15) is 4.79 Å². The van der Waals surface area contributed by atoms with Crippen molar-refractivity contribution in [2.75, 3.05) is 19.3 Å². The molecule has 0 aliphatic carbocycles. The molecule has 1 heterocycles. The molecule has 1 saturated heterocycles. The van der Waals surface area contributed by atoms with Crippen LogP contribution in [0.25, 0.3) is 0 Å². The second-order valence-corrected chi connectivity index (χ2v) is 4.62. The Morgan fingerprint density at radius 1 is 1.79 bits per heavy atom. The SMILES string of the molecule is C/C=C/[C@H](C[C@@H]1SCCNC1=O)NC. The fourth-order valence-electron chi connectivity index (χ4n) is 1.50. The molecule has 1 aliphatic rings. The predicted octanol–water partition coefficient (Wildman–Crippen LogP) is 0.772. The topological polar surface area (TPSA) is 41.1 Å². The van der Waals surface area contributed by atoms with E-state index in [0.29, 0.717) is 6.04 Å². The zero-order valence-electron chi connectivity index (χ0n) is 8.75. The Bertz CT molecular complexity index is 218. The summed E-state index contributed by atoms with van der Waals surface area (Å²) in [5.74, 6) is 1.22. The van der Waals surface area contributed by atoms with E-state index in [1.165, 1.54) is 0 Å². The van der Waals surface area contributed by atoms with Gasteiger partial charge in [-0.05, 0) is 20.4 Å². The van der Waals surface area contributed by atoms with Crippen LogP contribution in [0.5, 0.6) is 0 Å². The molecular formula is C10H18N2OS. The van der Waals surface area contributed by atoms with Gasteiger partial charge in [-0.2, -0.15) is 0 Å². The van der Waals surface area contributed by atoms with Crippen molar-refractivity contribution >= 4 is 17.7 Å². The number of likely N-dealkylation sites (N-methyl/N-ethyl adjacent to an activating group) is 1. The van der Waals surface area contributed by atoms with Gasteiger partial charge in [-0.25, -0.2) is 0 Å². The molecule has 0 aromatic carbocycles. The van der Waals surface area contributed by atoms with Gasteiger partial charge in [0.2, 0.25) is 5.91 Å². The molecular weight excluding hydrogens is 196 g/mol. The third-order valence-electron chi connectivity index (χ3n) is 2.28. The molecule has 14 heavy (non-hydrogen) atoms. The first-order valence-corrected chi connectivity index (χ1v) is 6.02. The Morgan fingerprint density at radius 3 is 3.14 bits per heavy atom. The lowest BCUT2D eigenvalue weighted by Gasteiger charge is -2.24. The highest BCUT2D eigenvalue weighted by atomic mass is 32.2. The van der Waals surface area contributed by atoms with Crippen LogP contribution in [0.4, 0.5) is 0 Å². The Hall–Kier alpha value is -0.480. The van der Waals surface area contributed by atoms with Gasteiger partial charge in [-0.3, -0.25) is 4.79 Å². The summed E-state index contributed by atoms with van der Waals surface area (Å²) in [6, 6.07) is 0.307. The lowest BCUT2D eigenvalue weighted by Crippen LogP contribution is -2.42. The van der Waals surface area contributed by atoms with Gasteiger partial charge in [0.1, 0.15) is 0 Å². The van der Waals surface area contributed by atoms with Crippen LogP contribution in [0.15, 0.2) is 12.2 Å². The van der Waals surface area contributed by atoms with Gasteiger partial charge in [0.15, 0.2) is 0 Å².